The molecule has 0 aliphatic rings. The van der Waals surface area contributed by atoms with E-state index in [1.807, 2.05) is 6.92 Å². The number of rotatable bonds is 3. The number of anilines is 1. The number of ether oxygens (including phenoxy) is 1. The van der Waals surface area contributed by atoms with Gasteiger partial charge in [0.25, 0.3) is 0 Å². The summed E-state index contributed by atoms with van der Waals surface area (Å²) in [5, 5.41) is 0.421. The van der Waals surface area contributed by atoms with Gasteiger partial charge in [-0.15, -0.1) is 0 Å². The monoisotopic (exact) mass is 199 g/mol. The van der Waals surface area contributed by atoms with E-state index < -0.39 is 0 Å². The highest BCUT2D eigenvalue weighted by Gasteiger charge is 2.06. The average molecular weight is 200 g/mol. The molecule has 0 spiro atoms. The molecular formula is C9H10ClNO2. The van der Waals surface area contributed by atoms with Gasteiger partial charge >= 0.3 is 0 Å². The summed E-state index contributed by atoms with van der Waals surface area (Å²) in [4.78, 5) is 10.5. The third kappa shape index (κ3) is 2.12. The van der Waals surface area contributed by atoms with Gasteiger partial charge in [-0.25, -0.2) is 0 Å². The lowest BCUT2D eigenvalue weighted by Gasteiger charge is -2.07. The van der Waals surface area contributed by atoms with Gasteiger partial charge in [-0.2, -0.15) is 0 Å². The minimum atomic E-state index is 0.364. The van der Waals surface area contributed by atoms with E-state index in [1.54, 1.807) is 0 Å². The highest BCUT2D eigenvalue weighted by atomic mass is 35.5. The molecule has 0 aliphatic carbocycles. The first-order chi connectivity index (χ1) is 6.19. The van der Waals surface area contributed by atoms with Crippen molar-refractivity contribution in [1.82, 2.24) is 0 Å². The number of benzene rings is 1. The van der Waals surface area contributed by atoms with Crippen molar-refractivity contribution in [3.05, 3.63) is 22.7 Å². The SMILES string of the molecule is CCOc1cc(C=O)c(N)cc1Cl. The summed E-state index contributed by atoms with van der Waals surface area (Å²) < 4.78 is 5.19. The number of nitrogen functional groups attached to an aromatic ring is 1. The second kappa shape index (κ2) is 4.14. The van der Waals surface area contributed by atoms with Crippen LogP contribution in [0.2, 0.25) is 5.02 Å². The average Bonchev–Trinajstić information content (AvgIpc) is 2.10. The van der Waals surface area contributed by atoms with Gasteiger partial charge in [-0.05, 0) is 19.1 Å². The first-order valence-corrected chi connectivity index (χ1v) is 4.23. The largest absolute Gasteiger partial charge is 0.492 e. The Labute approximate surface area is 81.4 Å². The molecule has 70 valence electrons. The van der Waals surface area contributed by atoms with Crippen molar-refractivity contribution in [2.24, 2.45) is 0 Å². The van der Waals surface area contributed by atoms with Crippen LogP contribution in [0.4, 0.5) is 5.69 Å². The van der Waals surface area contributed by atoms with E-state index in [2.05, 4.69) is 0 Å². The molecule has 0 heterocycles. The third-order valence-electron chi connectivity index (χ3n) is 1.56. The summed E-state index contributed by atoms with van der Waals surface area (Å²) in [7, 11) is 0. The zero-order valence-electron chi connectivity index (χ0n) is 7.21. The van der Waals surface area contributed by atoms with Crippen molar-refractivity contribution in [2.75, 3.05) is 12.3 Å². The van der Waals surface area contributed by atoms with Crippen molar-refractivity contribution < 1.29 is 9.53 Å². The molecule has 1 aromatic rings. The highest BCUT2D eigenvalue weighted by Crippen LogP contribution is 2.28. The Bertz CT molecular complexity index is 326. The molecular weight excluding hydrogens is 190 g/mol. The highest BCUT2D eigenvalue weighted by molar-refractivity contribution is 6.32. The molecule has 0 unspecified atom stereocenters. The predicted octanol–water partition coefficient (Wildman–Crippen LogP) is 2.13. The van der Waals surface area contributed by atoms with Crippen LogP contribution in [-0.4, -0.2) is 12.9 Å². The van der Waals surface area contributed by atoms with E-state index >= 15 is 0 Å². The van der Waals surface area contributed by atoms with E-state index in [4.69, 9.17) is 22.1 Å². The number of nitrogens with two attached hydrogens (primary N) is 1. The molecule has 0 fully saturated rings. The quantitative estimate of drug-likeness (QED) is 0.600. The first-order valence-electron chi connectivity index (χ1n) is 3.86. The Morgan fingerprint density at radius 2 is 2.31 bits per heavy atom. The Morgan fingerprint density at radius 3 is 2.85 bits per heavy atom. The molecule has 0 bridgehead atoms. The van der Waals surface area contributed by atoms with E-state index in [0.29, 0.717) is 34.9 Å². The first kappa shape index (κ1) is 9.86. The van der Waals surface area contributed by atoms with Crippen LogP contribution in [0.1, 0.15) is 17.3 Å². The fourth-order valence-corrected chi connectivity index (χ4v) is 1.18. The summed E-state index contributed by atoms with van der Waals surface area (Å²) in [6.45, 7) is 2.34. The van der Waals surface area contributed by atoms with Crippen LogP contribution in [0.3, 0.4) is 0 Å². The molecule has 4 heteroatoms. The molecule has 0 aliphatic heterocycles. The Hall–Kier alpha value is -1.22. The minimum Gasteiger partial charge on any atom is -0.492 e. The summed E-state index contributed by atoms with van der Waals surface area (Å²) in [6.07, 6.45) is 0.675. The van der Waals surface area contributed by atoms with E-state index in [1.165, 1.54) is 12.1 Å². The van der Waals surface area contributed by atoms with E-state index in [9.17, 15) is 4.79 Å². The number of aldehydes is 1. The zero-order valence-corrected chi connectivity index (χ0v) is 7.97. The molecule has 2 N–H and O–H groups in total. The molecule has 0 saturated carbocycles. The maximum Gasteiger partial charge on any atom is 0.152 e. The van der Waals surface area contributed by atoms with Crippen LogP contribution < -0.4 is 10.5 Å². The van der Waals surface area contributed by atoms with Crippen LogP contribution in [0.25, 0.3) is 0 Å². The Kier molecular flexibility index (Phi) is 3.14. The normalized spacial score (nSPS) is 9.69. The second-order valence-corrected chi connectivity index (χ2v) is 2.87. The van der Waals surface area contributed by atoms with Gasteiger partial charge < -0.3 is 10.5 Å². The van der Waals surface area contributed by atoms with Crippen molar-refractivity contribution in [3.8, 4) is 5.75 Å². The fourth-order valence-electron chi connectivity index (χ4n) is 0.953. The predicted molar refractivity (Wildman–Crippen MR) is 52.4 cm³/mol. The van der Waals surface area contributed by atoms with Crippen LogP contribution in [0, 0.1) is 0 Å². The van der Waals surface area contributed by atoms with Gasteiger partial charge in [-0.3, -0.25) is 4.79 Å². The maximum atomic E-state index is 10.5. The number of carbonyl (C=O) groups excluding carboxylic acids is 1. The van der Waals surface area contributed by atoms with Crippen LogP contribution in [0.5, 0.6) is 5.75 Å². The summed E-state index contributed by atoms with van der Waals surface area (Å²) in [5.41, 5.74) is 6.29. The Balaban J connectivity index is 3.14. The Morgan fingerprint density at radius 1 is 1.62 bits per heavy atom. The van der Waals surface area contributed by atoms with Crippen molar-refractivity contribution in [2.45, 2.75) is 6.92 Å². The van der Waals surface area contributed by atoms with Gasteiger partial charge in [0.2, 0.25) is 0 Å². The molecule has 0 atom stereocenters. The molecule has 1 rings (SSSR count). The summed E-state index contributed by atoms with van der Waals surface area (Å²) >= 11 is 5.82. The van der Waals surface area contributed by atoms with Gasteiger partial charge in [0.05, 0.1) is 11.6 Å². The fraction of sp³-hybridized carbons (Fsp3) is 0.222. The van der Waals surface area contributed by atoms with Crippen LogP contribution >= 0.6 is 11.6 Å². The lowest BCUT2D eigenvalue weighted by Crippen LogP contribution is -1.97. The van der Waals surface area contributed by atoms with Crippen molar-refractivity contribution in [1.29, 1.82) is 0 Å². The summed E-state index contributed by atoms with van der Waals surface area (Å²) in [6, 6.07) is 3.05. The topological polar surface area (TPSA) is 52.3 Å². The smallest absolute Gasteiger partial charge is 0.152 e. The zero-order chi connectivity index (χ0) is 9.84. The second-order valence-electron chi connectivity index (χ2n) is 2.46. The number of halogens is 1. The molecule has 0 amide bonds. The van der Waals surface area contributed by atoms with Gasteiger partial charge in [0.15, 0.2) is 6.29 Å². The third-order valence-corrected chi connectivity index (χ3v) is 1.86. The standard InChI is InChI=1S/C9H10ClNO2/c1-2-13-9-3-6(5-12)8(11)4-7(9)10/h3-5H,2,11H2,1H3. The van der Waals surface area contributed by atoms with E-state index in [0.717, 1.165) is 0 Å². The number of carbonyl (C=O) groups is 1. The number of hydrogen-bond acceptors (Lipinski definition) is 3. The molecule has 1 aromatic carbocycles. The summed E-state index contributed by atoms with van der Waals surface area (Å²) in [5.74, 6) is 0.487. The molecule has 13 heavy (non-hydrogen) atoms. The number of hydrogen-bond donors (Lipinski definition) is 1. The lowest BCUT2D eigenvalue weighted by molar-refractivity contribution is 0.112. The molecule has 0 radical (unpaired) electrons. The van der Waals surface area contributed by atoms with Gasteiger partial charge in [0, 0.05) is 11.3 Å². The minimum absolute atomic E-state index is 0.364. The van der Waals surface area contributed by atoms with Crippen LogP contribution in [0.15, 0.2) is 12.1 Å². The lowest BCUT2D eigenvalue weighted by atomic mass is 10.2. The molecule has 3 nitrogen and oxygen atoms in total. The van der Waals surface area contributed by atoms with Crippen LogP contribution in [-0.2, 0) is 0 Å². The van der Waals surface area contributed by atoms with Crippen molar-refractivity contribution >= 4 is 23.6 Å². The van der Waals surface area contributed by atoms with E-state index in [-0.39, 0.29) is 0 Å². The van der Waals surface area contributed by atoms with Gasteiger partial charge in [-0.1, -0.05) is 11.6 Å². The molecule has 0 aromatic heterocycles. The van der Waals surface area contributed by atoms with Gasteiger partial charge in [0.1, 0.15) is 5.75 Å². The van der Waals surface area contributed by atoms with Crippen molar-refractivity contribution in [3.63, 3.8) is 0 Å². The molecule has 0 saturated heterocycles. The maximum absolute atomic E-state index is 10.5.